The van der Waals surface area contributed by atoms with Crippen molar-refractivity contribution in [3.63, 3.8) is 0 Å². The molecule has 0 bridgehead atoms. The zero-order valence-electron chi connectivity index (χ0n) is 15.0. The molecular weight excluding hydrogens is 335 g/mol. The third-order valence-corrected chi connectivity index (χ3v) is 5.49. The Morgan fingerprint density at radius 1 is 1.23 bits per heavy atom. The summed E-state index contributed by atoms with van der Waals surface area (Å²) < 4.78 is 24.8. The first-order chi connectivity index (χ1) is 12.5. The normalized spacial score (nSPS) is 23.6. The maximum absolute atomic E-state index is 13.1. The van der Waals surface area contributed by atoms with Gasteiger partial charge in [0.1, 0.15) is 17.3 Å². The lowest BCUT2D eigenvalue weighted by molar-refractivity contribution is -0.131. The number of carbonyl (C=O) groups excluding carboxylic acids is 1. The van der Waals surface area contributed by atoms with E-state index in [-0.39, 0.29) is 17.3 Å². The Hall–Kier alpha value is -2.21. The van der Waals surface area contributed by atoms with Crippen molar-refractivity contribution in [3.05, 3.63) is 41.5 Å². The molecule has 5 nitrogen and oxygen atoms in total. The van der Waals surface area contributed by atoms with Gasteiger partial charge in [-0.15, -0.1) is 0 Å². The van der Waals surface area contributed by atoms with Crippen LogP contribution in [0.5, 0.6) is 0 Å². The topological polar surface area (TPSA) is 55.6 Å². The average Bonchev–Trinajstić information content (AvgIpc) is 3.20. The lowest BCUT2D eigenvalue weighted by atomic mass is 9.92. The number of rotatable bonds is 3. The first kappa shape index (κ1) is 17.2. The van der Waals surface area contributed by atoms with E-state index in [4.69, 9.17) is 9.15 Å². The van der Waals surface area contributed by atoms with E-state index < -0.39 is 0 Å². The van der Waals surface area contributed by atoms with Crippen LogP contribution in [0, 0.1) is 12.7 Å². The Morgan fingerprint density at radius 2 is 2.04 bits per heavy atom. The van der Waals surface area contributed by atoms with Crippen LogP contribution in [0.4, 0.5) is 4.39 Å². The number of benzene rings is 1. The number of aryl methyl sites for hydroxylation is 1. The second kappa shape index (κ2) is 6.83. The third kappa shape index (κ3) is 3.38. The van der Waals surface area contributed by atoms with Crippen LogP contribution in [0.25, 0.3) is 11.5 Å². The van der Waals surface area contributed by atoms with Crippen molar-refractivity contribution < 1.29 is 18.3 Å². The molecule has 0 N–H and O–H groups in total. The molecule has 2 fully saturated rings. The van der Waals surface area contributed by atoms with E-state index in [1.54, 1.807) is 12.1 Å². The van der Waals surface area contributed by atoms with Crippen LogP contribution in [-0.2, 0) is 16.1 Å². The molecule has 2 aromatic rings. The van der Waals surface area contributed by atoms with Crippen LogP contribution >= 0.6 is 0 Å². The van der Waals surface area contributed by atoms with Gasteiger partial charge >= 0.3 is 0 Å². The van der Waals surface area contributed by atoms with Crippen LogP contribution in [0.2, 0.25) is 0 Å². The first-order valence-electron chi connectivity index (χ1n) is 9.19. The molecule has 0 radical (unpaired) electrons. The SMILES string of the molecule is Cc1oc(-c2ccc(F)cc2)nc1CN1CC[C@@]2(CCCO2)CCC1=O. The summed E-state index contributed by atoms with van der Waals surface area (Å²) in [6, 6.07) is 6.05. The fourth-order valence-electron chi connectivity index (χ4n) is 3.87. The number of aromatic nitrogens is 1. The molecule has 2 saturated heterocycles. The molecule has 3 heterocycles. The van der Waals surface area contributed by atoms with Gasteiger partial charge in [-0.05, 0) is 56.9 Å². The molecule has 1 spiro atoms. The summed E-state index contributed by atoms with van der Waals surface area (Å²) in [5.74, 6) is 0.988. The highest BCUT2D eigenvalue weighted by molar-refractivity contribution is 5.76. The van der Waals surface area contributed by atoms with Crippen LogP contribution in [0.1, 0.15) is 43.6 Å². The Kier molecular flexibility index (Phi) is 4.53. The number of nitrogens with zero attached hydrogens (tertiary/aromatic N) is 2. The van der Waals surface area contributed by atoms with Crippen molar-refractivity contribution in [2.45, 2.75) is 51.2 Å². The highest BCUT2D eigenvalue weighted by Crippen LogP contribution is 2.36. The van der Waals surface area contributed by atoms with Crippen LogP contribution in [0.3, 0.4) is 0 Å². The van der Waals surface area contributed by atoms with Gasteiger partial charge in [-0.25, -0.2) is 9.37 Å². The zero-order valence-corrected chi connectivity index (χ0v) is 15.0. The fraction of sp³-hybridized carbons (Fsp3) is 0.500. The molecule has 0 aliphatic carbocycles. The van der Waals surface area contributed by atoms with Crippen LogP contribution < -0.4 is 0 Å². The van der Waals surface area contributed by atoms with E-state index in [0.717, 1.165) is 43.5 Å². The van der Waals surface area contributed by atoms with Crippen molar-refractivity contribution >= 4 is 5.91 Å². The van der Waals surface area contributed by atoms with Gasteiger partial charge in [0.05, 0.1) is 12.1 Å². The van der Waals surface area contributed by atoms with Gasteiger partial charge in [-0.2, -0.15) is 0 Å². The second-order valence-corrected chi connectivity index (χ2v) is 7.23. The lowest BCUT2D eigenvalue weighted by Gasteiger charge is -2.26. The van der Waals surface area contributed by atoms with E-state index >= 15 is 0 Å². The summed E-state index contributed by atoms with van der Waals surface area (Å²) in [4.78, 5) is 19.0. The van der Waals surface area contributed by atoms with E-state index in [9.17, 15) is 9.18 Å². The molecule has 138 valence electrons. The number of hydrogen-bond donors (Lipinski definition) is 0. The molecule has 6 heteroatoms. The number of carbonyl (C=O) groups is 1. The third-order valence-electron chi connectivity index (χ3n) is 5.49. The Balaban J connectivity index is 1.50. The van der Waals surface area contributed by atoms with E-state index in [1.807, 2.05) is 11.8 Å². The molecule has 26 heavy (non-hydrogen) atoms. The molecule has 0 saturated carbocycles. The van der Waals surface area contributed by atoms with E-state index in [2.05, 4.69) is 4.98 Å². The molecule has 1 aromatic carbocycles. The maximum Gasteiger partial charge on any atom is 0.226 e. The number of ether oxygens (including phenoxy) is 1. The maximum atomic E-state index is 13.1. The smallest absolute Gasteiger partial charge is 0.226 e. The van der Waals surface area contributed by atoms with E-state index in [0.29, 0.717) is 31.2 Å². The number of hydrogen-bond acceptors (Lipinski definition) is 4. The largest absolute Gasteiger partial charge is 0.441 e. The average molecular weight is 358 g/mol. The van der Waals surface area contributed by atoms with Crippen LogP contribution in [-0.4, -0.2) is 34.5 Å². The van der Waals surface area contributed by atoms with Gasteiger partial charge < -0.3 is 14.1 Å². The summed E-state index contributed by atoms with van der Waals surface area (Å²) in [5, 5.41) is 0. The lowest BCUT2D eigenvalue weighted by Crippen LogP contribution is -2.32. The Bertz CT molecular complexity index is 794. The number of oxazole rings is 1. The fourth-order valence-corrected chi connectivity index (χ4v) is 3.87. The minimum absolute atomic E-state index is 0.109. The Morgan fingerprint density at radius 3 is 2.77 bits per heavy atom. The van der Waals surface area contributed by atoms with Crippen LogP contribution in [0.15, 0.2) is 28.7 Å². The summed E-state index contributed by atoms with van der Waals surface area (Å²) in [5.41, 5.74) is 1.37. The summed E-state index contributed by atoms with van der Waals surface area (Å²) in [6.07, 6.45) is 4.33. The molecule has 4 rings (SSSR count). The standard InChI is InChI=1S/C20H23FN2O3/c1-14-17(22-19(26-14)15-3-5-16(21)6-4-15)13-23-11-10-20(8-2-12-25-20)9-7-18(23)24/h3-6H,2,7-13H2,1H3/t20-/m1/s1. The van der Waals surface area contributed by atoms with Gasteiger partial charge in [0, 0.05) is 25.1 Å². The summed E-state index contributed by atoms with van der Waals surface area (Å²) >= 11 is 0. The molecule has 1 atom stereocenters. The van der Waals surface area contributed by atoms with Crippen molar-refractivity contribution in [1.82, 2.24) is 9.88 Å². The first-order valence-corrected chi connectivity index (χ1v) is 9.19. The molecule has 2 aliphatic rings. The monoisotopic (exact) mass is 358 g/mol. The molecule has 0 unspecified atom stereocenters. The van der Waals surface area contributed by atoms with Gasteiger partial charge in [0.2, 0.25) is 11.8 Å². The Labute approximate surface area is 152 Å². The highest BCUT2D eigenvalue weighted by Gasteiger charge is 2.38. The predicted octanol–water partition coefficient (Wildman–Crippen LogP) is 3.85. The highest BCUT2D eigenvalue weighted by atomic mass is 19.1. The summed E-state index contributed by atoms with van der Waals surface area (Å²) in [6.45, 7) is 3.76. The van der Waals surface area contributed by atoms with Crippen molar-refractivity contribution in [1.29, 1.82) is 0 Å². The van der Waals surface area contributed by atoms with Gasteiger partial charge in [-0.1, -0.05) is 0 Å². The summed E-state index contributed by atoms with van der Waals surface area (Å²) in [7, 11) is 0. The minimum Gasteiger partial charge on any atom is -0.441 e. The molecule has 1 amide bonds. The van der Waals surface area contributed by atoms with Gasteiger partial charge in [0.15, 0.2) is 0 Å². The van der Waals surface area contributed by atoms with Gasteiger partial charge in [0.25, 0.3) is 0 Å². The van der Waals surface area contributed by atoms with E-state index in [1.165, 1.54) is 12.1 Å². The number of halogens is 1. The zero-order chi connectivity index (χ0) is 18.1. The second-order valence-electron chi connectivity index (χ2n) is 7.23. The predicted molar refractivity (Wildman–Crippen MR) is 93.8 cm³/mol. The molecular formula is C20H23FN2O3. The number of amides is 1. The van der Waals surface area contributed by atoms with Crippen molar-refractivity contribution in [3.8, 4) is 11.5 Å². The quantitative estimate of drug-likeness (QED) is 0.836. The van der Waals surface area contributed by atoms with Gasteiger partial charge in [-0.3, -0.25) is 4.79 Å². The molecule has 1 aromatic heterocycles. The van der Waals surface area contributed by atoms with Crippen molar-refractivity contribution in [2.75, 3.05) is 13.2 Å². The minimum atomic E-state index is -0.296. The number of likely N-dealkylation sites (tertiary alicyclic amines) is 1. The van der Waals surface area contributed by atoms with Crippen molar-refractivity contribution in [2.24, 2.45) is 0 Å². The molecule has 2 aliphatic heterocycles.